The molecule has 3 heteroatoms. The van der Waals surface area contributed by atoms with Gasteiger partial charge in [0.05, 0.1) is 6.10 Å². The van der Waals surface area contributed by atoms with E-state index in [9.17, 15) is 0 Å². The minimum absolute atomic E-state index is 0.297. The molecule has 108 valence electrons. The highest BCUT2D eigenvalue weighted by Gasteiger charge is 2.41. The van der Waals surface area contributed by atoms with Crippen molar-refractivity contribution < 1.29 is 4.74 Å². The fourth-order valence-electron chi connectivity index (χ4n) is 2.91. The summed E-state index contributed by atoms with van der Waals surface area (Å²) in [4.78, 5) is 3.02. The fraction of sp³-hybridized carbons (Fsp3) is 0.750. The lowest BCUT2D eigenvalue weighted by Crippen LogP contribution is -2.41. The maximum atomic E-state index is 5.87. The van der Waals surface area contributed by atoms with Gasteiger partial charge in [-0.15, -0.1) is 11.3 Å². The van der Waals surface area contributed by atoms with Crippen molar-refractivity contribution in [2.75, 3.05) is 19.7 Å². The molecule has 1 saturated heterocycles. The van der Waals surface area contributed by atoms with Gasteiger partial charge in [0.15, 0.2) is 0 Å². The van der Waals surface area contributed by atoms with Gasteiger partial charge >= 0.3 is 0 Å². The Morgan fingerprint density at radius 3 is 2.74 bits per heavy atom. The molecule has 0 bridgehead atoms. The minimum Gasteiger partial charge on any atom is -0.378 e. The van der Waals surface area contributed by atoms with Crippen LogP contribution in [0.4, 0.5) is 0 Å². The number of thiophene rings is 1. The van der Waals surface area contributed by atoms with Crippen molar-refractivity contribution in [1.29, 1.82) is 0 Å². The highest BCUT2D eigenvalue weighted by atomic mass is 32.1. The second-order valence-corrected chi connectivity index (χ2v) is 6.95. The largest absolute Gasteiger partial charge is 0.378 e. The van der Waals surface area contributed by atoms with E-state index in [1.54, 1.807) is 0 Å². The van der Waals surface area contributed by atoms with Gasteiger partial charge in [-0.2, -0.15) is 0 Å². The van der Waals surface area contributed by atoms with E-state index in [-0.39, 0.29) is 0 Å². The molecule has 0 spiro atoms. The molecular formula is C16H27NOS. The lowest BCUT2D eigenvalue weighted by molar-refractivity contribution is 0.0635. The first kappa shape index (κ1) is 15.0. The third-order valence-corrected chi connectivity index (χ3v) is 5.56. The molecule has 1 aliphatic heterocycles. The summed E-state index contributed by atoms with van der Waals surface area (Å²) in [6, 6.07) is 4.60. The summed E-state index contributed by atoms with van der Waals surface area (Å²) in [5.74, 6) is 0. The lowest BCUT2D eigenvalue weighted by Gasteiger charge is -2.32. The second-order valence-electron chi connectivity index (χ2n) is 5.70. The predicted molar refractivity (Wildman–Crippen MR) is 83.0 cm³/mol. The molecule has 0 saturated carbocycles. The van der Waals surface area contributed by atoms with Crippen molar-refractivity contribution in [3.63, 3.8) is 0 Å². The van der Waals surface area contributed by atoms with Gasteiger partial charge < -0.3 is 10.1 Å². The van der Waals surface area contributed by atoms with Crippen molar-refractivity contribution in [3.8, 4) is 0 Å². The number of ether oxygens (including phenoxy) is 1. The molecule has 0 radical (unpaired) electrons. The van der Waals surface area contributed by atoms with Gasteiger partial charge in [0.1, 0.15) is 0 Å². The predicted octanol–water partition coefficient (Wildman–Crippen LogP) is 3.65. The molecule has 1 N–H and O–H groups in total. The van der Waals surface area contributed by atoms with Crippen molar-refractivity contribution in [1.82, 2.24) is 5.32 Å². The molecular weight excluding hydrogens is 254 g/mol. The van der Waals surface area contributed by atoms with E-state index in [0.29, 0.717) is 11.5 Å². The standard InChI is InChI=1S/C16H27NOS/c1-4-9-17-12-16(8-10-18-13(16)3)11-15-7-6-14(5-2)19-15/h6-7,13,17H,4-5,8-12H2,1-3H3. The van der Waals surface area contributed by atoms with Crippen molar-refractivity contribution >= 4 is 11.3 Å². The Morgan fingerprint density at radius 2 is 2.16 bits per heavy atom. The average molecular weight is 281 g/mol. The van der Waals surface area contributed by atoms with Crippen LogP contribution in [-0.2, 0) is 17.6 Å². The number of nitrogens with one attached hydrogen (secondary N) is 1. The Bertz CT molecular complexity index is 390. The van der Waals surface area contributed by atoms with Crippen LogP contribution in [0.15, 0.2) is 12.1 Å². The van der Waals surface area contributed by atoms with E-state index in [2.05, 4.69) is 38.2 Å². The van der Waals surface area contributed by atoms with Gasteiger partial charge in [0.25, 0.3) is 0 Å². The van der Waals surface area contributed by atoms with Crippen LogP contribution in [0.3, 0.4) is 0 Å². The summed E-state index contributed by atoms with van der Waals surface area (Å²) in [6.07, 6.45) is 5.06. The van der Waals surface area contributed by atoms with Crippen LogP contribution in [0.5, 0.6) is 0 Å². The zero-order valence-electron chi connectivity index (χ0n) is 12.5. The molecule has 0 aliphatic carbocycles. The first-order chi connectivity index (χ1) is 9.20. The Labute approximate surface area is 121 Å². The molecule has 19 heavy (non-hydrogen) atoms. The lowest BCUT2D eigenvalue weighted by atomic mass is 9.78. The van der Waals surface area contributed by atoms with E-state index in [1.807, 2.05) is 11.3 Å². The first-order valence-electron chi connectivity index (χ1n) is 7.60. The Kier molecular flexibility index (Phi) is 5.43. The number of hydrogen-bond acceptors (Lipinski definition) is 3. The zero-order chi connectivity index (χ0) is 13.7. The molecule has 0 amide bonds. The van der Waals surface area contributed by atoms with E-state index in [0.717, 1.165) is 32.5 Å². The average Bonchev–Trinajstić information content (AvgIpc) is 2.99. The molecule has 1 aromatic rings. The van der Waals surface area contributed by atoms with Crippen LogP contribution < -0.4 is 5.32 Å². The van der Waals surface area contributed by atoms with E-state index in [1.165, 1.54) is 22.6 Å². The van der Waals surface area contributed by atoms with E-state index < -0.39 is 0 Å². The summed E-state index contributed by atoms with van der Waals surface area (Å²) in [7, 11) is 0. The van der Waals surface area contributed by atoms with Gasteiger partial charge in [-0.05, 0) is 51.3 Å². The van der Waals surface area contributed by atoms with Crippen molar-refractivity contribution in [2.45, 2.75) is 52.6 Å². The first-order valence-corrected chi connectivity index (χ1v) is 8.41. The normalized spacial score (nSPS) is 27.0. The summed E-state index contributed by atoms with van der Waals surface area (Å²) in [5.41, 5.74) is 0.297. The molecule has 1 fully saturated rings. The smallest absolute Gasteiger partial charge is 0.0619 e. The summed E-state index contributed by atoms with van der Waals surface area (Å²) < 4.78 is 5.87. The molecule has 1 aromatic heterocycles. The molecule has 2 nitrogen and oxygen atoms in total. The Morgan fingerprint density at radius 1 is 1.37 bits per heavy atom. The second kappa shape index (κ2) is 6.87. The highest BCUT2D eigenvalue weighted by Crippen LogP contribution is 2.39. The molecule has 1 aliphatic rings. The topological polar surface area (TPSA) is 21.3 Å². The van der Waals surface area contributed by atoms with Crippen molar-refractivity contribution in [2.24, 2.45) is 5.41 Å². The fourth-order valence-corrected chi connectivity index (χ4v) is 4.03. The van der Waals surface area contributed by atoms with Gasteiger partial charge in [0.2, 0.25) is 0 Å². The summed E-state index contributed by atoms with van der Waals surface area (Å²) in [5, 5.41) is 3.61. The third kappa shape index (κ3) is 3.59. The van der Waals surface area contributed by atoms with Crippen LogP contribution in [0.2, 0.25) is 0 Å². The van der Waals surface area contributed by atoms with Crippen LogP contribution in [0, 0.1) is 5.41 Å². The molecule has 2 rings (SSSR count). The number of hydrogen-bond donors (Lipinski definition) is 1. The van der Waals surface area contributed by atoms with Crippen molar-refractivity contribution in [3.05, 3.63) is 21.9 Å². The van der Waals surface area contributed by atoms with Crippen LogP contribution >= 0.6 is 11.3 Å². The molecule has 2 unspecified atom stereocenters. The molecule has 2 atom stereocenters. The van der Waals surface area contributed by atoms with Gasteiger partial charge in [0, 0.05) is 28.3 Å². The minimum atomic E-state index is 0.297. The maximum absolute atomic E-state index is 5.87. The molecule has 0 aromatic carbocycles. The molecule has 2 heterocycles. The SMILES string of the molecule is CCCNCC1(Cc2ccc(CC)s2)CCOC1C. The monoisotopic (exact) mass is 281 g/mol. The van der Waals surface area contributed by atoms with Crippen LogP contribution in [0.1, 0.15) is 43.4 Å². The third-order valence-electron chi connectivity index (χ3n) is 4.33. The number of aryl methyl sites for hydroxylation is 1. The van der Waals surface area contributed by atoms with Crippen LogP contribution in [0.25, 0.3) is 0 Å². The van der Waals surface area contributed by atoms with Gasteiger partial charge in [-0.25, -0.2) is 0 Å². The van der Waals surface area contributed by atoms with Gasteiger partial charge in [-0.1, -0.05) is 13.8 Å². The highest BCUT2D eigenvalue weighted by molar-refractivity contribution is 7.11. The summed E-state index contributed by atoms with van der Waals surface area (Å²) >= 11 is 1.98. The Hall–Kier alpha value is -0.380. The van der Waals surface area contributed by atoms with E-state index in [4.69, 9.17) is 4.74 Å². The quantitative estimate of drug-likeness (QED) is 0.770. The van der Waals surface area contributed by atoms with Crippen LogP contribution in [-0.4, -0.2) is 25.8 Å². The summed E-state index contributed by atoms with van der Waals surface area (Å²) in [6.45, 7) is 9.81. The zero-order valence-corrected chi connectivity index (χ0v) is 13.3. The van der Waals surface area contributed by atoms with Gasteiger partial charge in [-0.3, -0.25) is 0 Å². The van der Waals surface area contributed by atoms with E-state index >= 15 is 0 Å². The number of rotatable bonds is 7. The maximum Gasteiger partial charge on any atom is 0.0619 e. The Balaban J connectivity index is 2.04.